The van der Waals surface area contributed by atoms with Gasteiger partial charge in [-0.2, -0.15) is 0 Å². The quantitative estimate of drug-likeness (QED) is 0.697. The van der Waals surface area contributed by atoms with E-state index in [1.807, 2.05) is 0 Å². The Labute approximate surface area is 126 Å². The van der Waals surface area contributed by atoms with E-state index in [-0.39, 0.29) is 0 Å². The molecule has 0 aliphatic carbocycles. The van der Waals surface area contributed by atoms with Crippen LogP contribution in [0.2, 0.25) is 10.0 Å². The highest BCUT2D eigenvalue weighted by Gasteiger charge is 2.04. The van der Waals surface area contributed by atoms with Crippen LogP contribution < -0.4 is 10.1 Å². The molecule has 0 aromatic heterocycles. The number of hydrogen-bond acceptors (Lipinski definition) is 2. The lowest BCUT2D eigenvalue weighted by atomic mass is 10.0. The van der Waals surface area contributed by atoms with Crippen molar-refractivity contribution in [3.8, 4) is 5.75 Å². The normalized spacial score (nSPS) is 12.7. The minimum atomic E-state index is 0.520. The van der Waals surface area contributed by atoms with Crippen LogP contribution in [-0.2, 0) is 0 Å². The minimum Gasteiger partial charge on any atom is -0.491 e. The van der Waals surface area contributed by atoms with Crippen LogP contribution in [0.3, 0.4) is 0 Å². The number of rotatable bonds is 8. The molecule has 4 heteroatoms. The van der Waals surface area contributed by atoms with Crippen molar-refractivity contribution in [3.63, 3.8) is 0 Å². The maximum atomic E-state index is 6.03. The van der Waals surface area contributed by atoms with Crippen molar-refractivity contribution < 1.29 is 4.74 Å². The average Bonchev–Trinajstić information content (AvgIpc) is 2.34. The Balaban J connectivity index is 2.20. The molecule has 1 N–H and O–H groups in total. The molecule has 108 valence electrons. The van der Waals surface area contributed by atoms with Crippen LogP contribution in [0.5, 0.6) is 5.75 Å². The van der Waals surface area contributed by atoms with Gasteiger partial charge >= 0.3 is 0 Å². The van der Waals surface area contributed by atoms with Gasteiger partial charge in [0.15, 0.2) is 0 Å². The molecule has 0 aliphatic rings. The van der Waals surface area contributed by atoms with Crippen molar-refractivity contribution in [1.82, 2.24) is 5.32 Å². The van der Waals surface area contributed by atoms with Gasteiger partial charge in [0.25, 0.3) is 0 Å². The van der Waals surface area contributed by atoms with Crippen LogP contribution in [0.25, 0.3) is 0 Å². The first-order chi connectivity index (χ1) is 8.99. The second-order valence-corrected chi connectivity index (χ2v) is 6.09. The lowest BCUT2D eigenvalue weighted by Crippen LogP contribution is -2.30. The summed E-state index contributed by atoms with van der Waals surface area (Å²) in [5, 5.41) is 4.62. The third-order valence-electron chi connectivity index (χ3n) is 2.92. The lowest BCUT2D eigenvalue weighted by molar-refractivity contribution is 0.303. The van der Waals surface area contributed by atoms with E-state index in [4.69, 9.17) is 27.9 Å². The molecule has 0 fully saturated rings. The van der Waals surface area contributed by atoms with Crippen molar-refractivity contribution in [3.05, 3.63) is 28.2 Å². The highest BCUT2D eigenvalue weighted by molar-refractivity contribution is 6.35. The second-order valence-electron chi connectivity index (χ2n) is 5.25. The van der Waals surface area contributed by atoms with Crippen molar-refractivity contribution in [2.24, 2.45) is 5.92 Å². The van der Waals surface area contributed by atoms with Crippen LogP contribution in [-0.4, -0.2) is 19.2 Å². The lowest BCUT2D eigenvalue weighted by Gasteiger charge is -2.15. The van der Waals surface area contributed by atoms with E-state index in [1.54, 1.807) is 18.2 Å². The smallest absolute Gasteiger partial charge is 0.138 e. The van der Waals surface area contributed by atoms with Gasteiger partial charge < -0.3 is 10.1 Å². The van der Waals surface area contributed by atoms with Gasteiger partial charge in [-0.1, -0.05) is 37.0 Å². The van der Waals surface area contributed by atoms with Crippen LogP contribution in [0, 0.1) is 5.92 Å². The van der Waals surface area contributed by atoms with E-state index >= 15 is 0 Å². The number of nitrogens with one attached hydrogen (secondary N) is 1. The first-order valence-corrected chi connectivity index (χ1v) is 7.56. The van der Waals surface area contributed by atoms with Gasteiger partial charge in [0, 0.05) is 17.6 Å². The molecule has 0 bridgehead atoms. The van der Waals surface area contributed by atoms with E-state index in [1.165, 1.54) is 12.8 Å². The Morgan fingerprint density at radius 2 is 1.89 bits per heavy atom. The summed E-state index contributed by atoms with van der Waals surface area (Å²) in [7, 11) is 0. The van der Waals surface area contributed by atoms with Crippen molar-refractivity contribution >= 4 is 23.2 Å². The first-order valence-electron chi connectivity index (χ1n) is 6.80. The van der Waals surface area contributed by atoms with E-state index in [9.17, 15) is 0 Å². The molecule has 0 amide bonds. The Kier molecular flexibility index (Phi) is 7.59. The SMILES string of the molecule is CC(C)CCC(C)NCCOc1ccc(Cl)cc1Cl. The Hall–Kier alpha value is -0.440. The first kappa shape index (κ1) is 16.6. The Morgan fingerprint density at radius 1 is 1.16 bits per heavy atom. The molecular formula is C15H23Cl2NO. The maximum absolute atomic E-state index is 6.03. The summed E-state index contributed by atoms with van der Waals surface area (Å²) >= 11 is 11.9. The van der Waals surface area contributed by atoms with Gasteiger partial charge in [0.1, 0.15) is 12.4 Å². The molecule has 1 atom stereocenters. The molecule has 1 aromatic rings. The standard InChI is InChI=1S/C15H23Cl2NO/c1-11(2)4-5-12(3)18-8-9-19-15-7-6-13(16)10-14(15)17/h6-7,10-12,18H,4-5,8-9H2,1-3H3. The van der Waals surface area contributed by atoms with E-state index < -0.39 is 0 Å². The van der Waals surface area contributed by atoms with Crippen LogP contribution in [0.4, 0.5) is 0 Å². The van der Waals surface area contributed by atoms with Crippen LogP contribution >= 0.6 is 23.2 Å². The fourth-order valence-electron chi connectivity index (χ4n) is 1.74. The topological polar surface area (TPSA) is 21.3 Å². The monoisotopic (exact) mass is 303 g/mol. The van der Waals surface area contributed by atoms with Crippen LogP contribution in [0.15, 0.2) is 18.2 Å². The molecule has 0 saturated heterocycles. The van der Waals surface area contributed by atoms with Gasteiger partial charge in [0.2, 0.25) is 0 Å². The summed E-state index contributed by atoms with van der Waals surface area (Å²) in [6, 6.07) is 5.79. The molecule has 0 heterocycles. The molecule has 1 rings (SSSR count). The zero-order chi connectivity index (χ0) is 14.3. The number of benzene rings is 1. The second kappa shape index (κ2) is 8.68. The third kappa shape index (κ3) is 7.05. The zero-order valence-corrected chi connectivity index (χ0v) is 13.4. The summed E-state index contributed by atoms with van der Waals surface area (Å²) in [6.45, 7) is 8.12. The average molecular weight is 304 g/mol. The molecule has 19 heavy (non-hydrogen) atoms. The van der Waals surface area contributed by atoms with Crippen molar-refractivity contribution in [2.75, 3.05) is 13.2 Å². The van der Waals surface area contributed by atoms with E-state index in [0.29, 0.717) is 28.4 Å². The molecule has 0 radical (unpaired) electrons. The molecule has 0 spiro atoms. The van der Waals surface area contributed by atoms with Gasteiger partial charge in [-0.3, -0.25) is 0 Å². The highest BCUT2D eigenvalue weighted by Crippen LogP contribution is 2.27. The van der Waals surface area contributed by atoms with Gasteiger partial charge in [-0.25, -0.2) is 0 Å². The molecule has 2 nitrogen and oxygen atoms in total. The summed E-state index contributed by atoms with van der Waals surface area (Å²) < 4.78 is 5.61. The Bertz CT molecular complexity index is 382. The molecular weight excluding hydrogens is 281 g/mol. The molecule has 1 aromatic carbocycles. The maximum Gasteiger partial charge on any atom is 0.138 e. The zero-order valence-electron chi connectivity index (χ0n) is 11.9. The minimum absolute atomic E-state index is 0.520. The fourth-order valence-corrected chi connectivity index (χ4v) is 2.21. The molecule has 0 saturated carbocycles. The van der Waals surface area contributed by atoms with Crippen molar-refractivity contribution in [2.45, 2.75) is 39.7 Å². The Morgan fingerprint density at radius 3 is 2.53 bits per heavy atom. The number of halogens is 2. The summed E-state index contributed by atoms with van der Waals surface area (Å²) in [5.74, 6) is 1.44. The van der Waals surface area contributed by atoms with Crippen LogP contribution in [0.1, 0.15) is 33.6 Å². The van der Waals surface area contributed by atoms with Gasteiger partial charge in [0.05, 0.1) is 5.02 Å². The highest BCUT2D eigenvalue weighted by atomic mass is 35.5. The summed E-state index contributed by atoms with van der Waals surface area (Å²) in [6.07, 6.45) is 2.44. The van der Waals surface area contributed by atoms with Gasteiger partial charge in [-0.05, 0) is 43.9 Å². The summed E-state index contributed by atoms with van der Waals surface area (Å²) in [4.78, 5) is 0. The third-order valence-corrected chi connectivity index (χ3v) is 3.45. The predicted molar refractivity (Wildman–Crippen MR) is 83.5 cm³/mol. The number of hydrogen-bond donors (Lipinski definition) is 1. The fraction of sp³-hybridized carbons (Fsp3) is 0.600. The van der Waals surface area contributed by atoms with E-state index in [2.05, 4.69) is 26.1 Å². The molecule has 0 aliphatic heterocycles. The predicted octanol–water partition coefficient (Wildman–Crippen LogP) is 4.79. The van der Waals surface area contributed by atoms with E-state index in [0.717, 1.165) is 12.5 Å². The summed E-state index contributed by atoms with van der Waals surface area (Å²) in [5.41, 5.74) is 0. The number of ether oxygens (including phenoxy) is 1. The van der Waals surface area contributed by atoms with Gasteiger partial charge in [-0.15, -0.1) is 0 Å². The largest absolute Gasteiger partial charge is 0.491 e. The van der Waals surface area contributed by atoms with Crippen molar-refractivity contribution in [1.29, 1.82) is 0 Å². The molecule has 1 unspecified atom stereocenters.